The van der Waals surface area contributed by atoms with Crippen molar-refractivity contribution in [3.8, 4) is 0 Å². The number of hydrogen-bond acceptors (Lipinski definition) is 1. The van der Waals surface area contributed by atoms with E-state index in [2.05, 4.69) is 12.5 Å². The average Bonchev–Trinajstić information content (AvgIpc) is 1.37. The van der Waals surface area contributed by atoms with Gasteiger partial charge in [0, 0.05) is 0 Å². The molecule has 0 fully saturated rings. The van der Waals surface area contributed by atoms with Crippen molar-refractivity contribution in [3.63, 3.8) is 0 Å². The van der Waals surface area contributed by atoms with Gasteiger partial charge in [0.15, 0.2) is 0 Å². The van der Waals surface area contributed by atoms with E-state index in [1.54, 1.807) is 6.08 Å². The molecule has 0 aromatic heterocycles. The Balaban J connectivity index is 2.55. The fourth-order valence-electron chi connectivity index (χ4n) is 0. The molecular weight excluding hydrogens is 65.7 g/mol. The first kappa shape index (κ1) is 4.48. The van der Waals surface area contributed by atoms with Crippen molar-refractivity contribution in [2.75, 3.05) is 0 Å². The number of thiol groups is 1. The Morgan fingerprint density at radius 3 is 2.00 bits per heavy atom. The van der Waals surface area contributed by atoms with Crippen LogP contribution in [0.25, 0.3) is 0 Å². The Labute approximate surface area is 33.0 Å². The number of rotatable bonds is 0. The van der Waals surface area contributed by atoms with Crippen molar-refractivity contribution in [2.24, 2.45) is 0 Å². The van der Waals surface area contributed by atoms with Gasteiger partial charge in [-0.3, -0.25) is 0 Å². The van der Waals surface area contributed by atoms with Crippen LogP contribution in [-0.4, -0.2) is 12.9 Å². The van der Waals surface area contributed by atoms with E-state index < -0.39 is 0 Å². The molecule has 0 N–H and O–H groups in total. The van der Waals surface area contributed by atoms with Gasteiger partial charge in [-0.15, -0.1) is 0 Å². The van der Waals surface area contributed by atoms with Gasteiger partial charge in [-0.1, -0.05) is 0 Å². The van der Waals surface area contributed by atoms with Crippen LogP contribution in [0, 0.1) is 0 Å². The molecule has 4 heavy (non-hydrogen) atoms. The normalized spacial score (nSPS) is 5.50. The summed E-state index contributed by atoms with van der Waals surface area (Å²) in [4.78, 5) is 0. The first-order valence-electron chi connectivity index (χ1n) is 1.17. The van der Waals surface area contributed by atoms with E-state index in [1.807, 2.05) is 13.6 Å². The van der Waals surface area contributed by atoms with E-state index in [1.165, 1.54) is 0 Å². The summed E-state index contributed by atoms with van der Waals surface area (Å²) in [7, 11) is 0. The third-order valence-electron chi connectivity index (χ3n) is 0.149. The molecule has 0 aromatic carbocycles. The van der Waals surface area contributed by atoms with Crippen LogP contribution in [0.3, 0.4) is 0 Å². The molecule has 0 aliphatic heterocycles. The summed E-state index contributed by atoms with van der Waals surface area (Å²) < 4.78 is 0. The summed E-state index contributed by atoms with van der Waals surface area (Å²) in [5.74, 6) is 0. The van der Waals surface area contributed by atoms with Crippen LogP contribution in [0.15, 0.2) is 0 Å². The Hall–Kier alpha value is 0.480. The Morgan fingerprint density at radius 2 is 2.00 bits per heavy atom. The average molecular weight is 69.7 g/mol. The van der Waals surface area contributed by atoms with Gasteiger partial charge in [-0.05, 0) is 0 Å². The molecule has 20 valence electrons. The monoisotopic (exact) mass is 70.0 g/mol. The van der Waals surface area contributed by atoms with Gasteiger partial charge in [-0.2, -0.15) is 0 Å². The van der Waals surface area contributed by atoms with Crippen LogP contribution in [0.1, 0.15) is 0 Å². The van der Waals surface area contributed by atoms with E-state index in [0.29, 0.717) is 0 Å². The topological polar surface area (TPSA) is 0 Å². The molecule has 0 unspecified atom stereocenters. The van der Waals surface area contributed by atoms with Crippen LogP contribution in [0.5, 0.6) is 0 Å². The van der Waals surface area contributed by atoms with Crippen molar-refractivity contribution in [1.82, 2.24) is 0 Å². The molecule has 0 aromatic rings. The summed E-state index contributed by atoms with van der Waals surface area (Å²) >= 11 is 3.74. The molecule has 0 atom stereocenters. The molecular formula is CH4B2S. The number of hydrogen-bond donors (Lipinski definition) is 1. The molecule has 3 heteroatoms. The van der Waals surface area contributed by atoms with Crippen LogP contribution in [0.4, 0.5) is 0 Å². The quantitative estimate of drug-likeness (QED) is 0.305. The standard InChI is InChI=1S/CH4B2S/c1-2-3-4/h4H,1H3. The third-order valence-corrected chi connectivity index (χ3v) is 0.447. The first-order chi connectivity index (χ1) is 1.91. The fourth-order valence-corrected chi connectivity index (χ4v) is 0. The van der Waals surface area contributed by atoms with Gasteiger partial charge in [0.1, 0.15) is 0 Å². The van der Waals surface area contributed by atoms with Gasteiger partial charge in [0.2, 0.25) is 0 Å². The van der Waals surface area contributed by atoms with E-state index in [9.17, 15) is 0 Å². The fraction of sp³-hybridized carbons (Fsp3) is 1.00. The second-order valence-electron chi connectivity index (χ2n) is 0.482. The molecule has 0 saturated heterocycles. The molecule has 0 radical (unpaired) electrons. The zero-order valence-electron chi connectivity index (χ0n) is 2.60. The second-order valence-corrected chi connectivity index (χ2v) is 0.781. The predicted octanol–water partition coefficient (Wildman–Crippen LogP) is 0.203. The van der Waals surface area contributed by atoms with Crippen molar-refractivity contribution >= 4 is 25.4 Å². The van der Waals surface area contributed by atoms with Crippen LogP contribution in [0.2, 0.25) is 6.82 Å². The maximum absolute atomic E-state index is 3.74. The second kappa shape index (κ2) is 3.48. The van der Waals surface area contributed by atoms with E-state index in [-0.39, 0.29) is 0 Å². The molecule has 0 heterocycles. The predicted molar refractivity (Wildman–Crippen MR) is 26.4 cm³/mol. The van der Waals surface area contributed by atoms with Crippen LogP contribution in [-0.2, 0) is 0 Å². The molecule has 0 amide bonds. The Morgan fingerprint density at radius 1 is 1.75 bits per heavy atom. The van der Waals surface area contributed by atoms with Gasteiger partial charge >= 0.3 is 32.2 Å². The van der Waals surface area contributed by atoms with Crippen molar-refractivity contribution in [3.05, 3.63) is 0 Å². The van der Waals surface area contributed by atoms with Gasteiger partial charge in [0.25, 0.3) is 0 Å². The van der Waals surface area contributed by atoms with E-state index in [0.717, 1.165) is 0 Å². The van der Waals surface area contributed by atoms with Gasteiger partial charge in [0.05, 0.1) is 0 Å². The van der Waals surface area contributed by atoms with Crippen molar-refractivity contribution in [2.45, 2.75) is 6.82 Å². The minimum absolute atomic E-state index is 1.69. The molecule has 0 spiro atoms. The Bertz CT molecular complexity index is 21.2. The van der Waals surface area contributed by atoms with E-state index in [4.69, 9.17) is 0 Å². The molecule has 0 nitrogen and oxygen atoms in total. The van der Waals surface area contributed by atoms with Crippen LogP contribution >= 0.6 is 12.5 Å². The third kappa shape index (κ3) is 2.48. The van der Waals surface area contributed by atoms with Gasteiger partial charge in [-0.25, -0.2) is 0 Å². The van der Waals surface area contributed by atoms with Gasteiger partial charge < -0.3 is 0 Å². The molecule has 0 saturated carbocycles. The summed E-state index contributed by atoms with van der Waals surface area (Å²) in [6.07, 6.45) is 1.69. The summed E-state index contributed by atoms with van der Waals surface area (Å²) in [6, 6.07) is 0. The molecule has 0 aliphatic carbocycles. The zero-order chi connectivity index (χ0) is 3.41. The van der Waals surface area contributed by atoms with Crippen LogP contribution < -0.4 is 0 Å². The van der Waals surface area contributed by atoms with Crippen molar-refractivity contribution < 1.29 is 0 Å². The zero-order valence-corrected chi connectivity index (χ0v) is 3.50. The Kier molecular flexibility index (Phi) is 3.90. The molecule has 0 rings (SSSR count). The molecule has 0 aliphatic rings. The summed E-state index contributed by atoms with van der Waals surface area (Å²) in [5, 5.41) is 0. The first-order valence-corrected chi connectivity index (χ1v) is 1.69. The van der Waals surface area contributed by atoms with E-state index >= 15 is 0 Å². The maximum atomic E-state index is 3.74. The minimum atomic E-state index is 1.69. The SMILES string of the molecule is CB=BS. The van der Waals surface area contributed by atoms with Crippen molar-refractivity contribution in [1.29, 1.82) is 0 Å². The molecule has 0 bridgehead atoms. The summed E-state index contributed by atoms with van der Waals surface area (Å²) in [6.45, 7) is 3.79. The summed E-state index contributed by atoms with van der Waals surface area (Å²) in [5.41, 5.74) is 0.